The minimum absolute atomic E-state index is 0.334. The number of hydrogen-bond donors (Lipinski definition) is 0. The lowest BCUT2D eigenvalue weighted by atomic mass is 10.1. The van der Waals surface area contributed by atoms with Crippen molar-refractivity contribution in [2.45, 2.75) is 19.3 Å². The summed E-state index contributed by atoms with van der Waals surface area (Å²) in [6, 6.07) is 7.91. The summed E-state index contributed by atoms with van der Waals surface area (Å²) in [5.41, 5.74) is 2.77. The van der Waals surface area contributed by atoms with Crippen molar-refractivity contribution in [2.75, 3.05) is 0 Å². The molecule has 0 unspecified atom stereocenters. The highest BCUT2D eigenvalue weighted by molar-refractivity contribution is 6.16. The Bertz CT molecular complexity index is 721. The number of hydrogen-bond acceptors (Lipinski definition) is 5. The summed E-state index contributed by atoms with van der Waals surface area (Å²) >= 11 is 5.68. The molecule has 3 rings (SSSR count). The fraction of sp³-hybridized carbons (Fsp3) is 0.231. The molecule has 0 amide bonds. The molecule has 3 aromatic rings. The summed E-state index contributed by atoms with van der Waals surface area (Å²) in [7, 11) is 0. The van der Waals surface area contributed by atoms with Crippen LogP contribution >= 0.6 is 11.6 Å². The van der Waals surface area contributed by atoms with Crippen LogP contribution in [-0.4, -0.2) is 25.1 Å². The van der Waals surface area contributed by atoms with Crippen molar-refractivity contribution in [3.63, 3.8) is 0 Å². The Morgan fingerprint density at radius 1 is 1.35 bits per heavy atom. The first-order chi connectivity index (χ1) is 9.74. The van der Waals surface area contributed by atoms with E-state index in [0.29, 0.717) is 29.8 Å². The van der Waals surface area contributed by atoms with Gasteiger partial charge in [-0.2, -0.15) is 4.98 Å². The first kappa shape index (κ1) is 12.8. The normalized spacial score (nSPS) is 10.9. The van der Waals surface area contributed by atoms with Crippen LogP contribution in [0.3, 0.4) is 0 Å². The van der Waals surface area contributed by atoms with E-state index in [1.165, 1.54) is 0 Å². The number of nitrogens with zero attached hydrogens (tertiary/aromatic N) is 5. The maximum Gasteiger partial charge on any atom is 0.257 e. The Morgan fingerprint density at radius 3 is 3.00 bits per heavy atom. The van der Waals surface area contributed by atoms with Crippen LogP contribution in [0, 0.1) is 6.92 Å². The predicted octanol–water partition coefficient (Wildman–Crippen LogP) is 2.42. The molecule has 7 heteroatoms. The molecule has 0 fully saturated rings. The highest BCUT2D eigenvalue weighted by atomic mass is 35.5. The molecular weight excluding hydrogens is 278 g/mol. The van der Waals surface area contributed by atoms with Crippen molar-refractivity contribution in [2.24, 2.45) is 0 Å². The number of aryl methyl sites for hydroxylation is 1. The number of rotatable bonds is 4. The largest absolute Gasteiger partial charge is 0.334 e. The molecule has 6 nitrogen and oxygen atoms in total. The van der Waals surface area contributed by atoms with Gasteiger partial charge in [-0.3, -0.25) is 0 Å². The summed E-state index contributed by atoms with van der Waals surface area (Å²) < 4.78 is 6.89. The molecule has 0 atom stereocenters. The van der Waals surface area contributed by atoms with Gasteiger partial charge in [-0.05, 0) is 19.1 Å². The average molecular weight is 290 g/mol. The zero-order valence-corrected chi connectivity index (χ0v) is 11.6. The van der Waals surface area contributed by atoms with E-state index in [-0.39, 0.29) is 0 Å². The number of halogens is 1. The molecule has 20 heavy (non-hydrogen) atoms. The van der Waals surface area contributed by atoms with Crippen LogP contribution in [0.15, 0.2) is 35.0 Å². The Morgan fingerprint density at radius 2 is 2.25 bits per heavy atom. The molecule has 0 aliphatic rings. The van der Waals surface area contributed by atoms with Gasteiger partial charge in [0.1, 0.15) is 6.54 Å². The van der Waals surface area contributed by atoms with E-state index in [1.807, 2.05) is 31.2 Å². The lowest BCUT2D eigenvalue weighted by Crippen LogP contribution is -2.02. The molecule has 0 radical (unpaired) electrons. The van der Waals surface area contributed by atoms with Gasteiger partial charge in [-0.15, -0.1) is 16.7 Å². The maximum absolute atomic E-state index is 5.68. The number of aromatic nitrogens is 5. The molecule has 102 valence electrons. The van der Waals surface area contributed by atoms with Gasteiger partial charge < -0.3 is 4.52 Å². The summed E-state index contributed by atoms with van der Waals surface area (Å²) in [4.78, 5) is 4.35. The van der Waals surface area contributed by atoms with Crippen LogP contribution in [0.2, 0.25) is 0 Å². The second-order valence-electron chi connectivity index (χ2n) is 4.43. The van der Waals surface area contributed by atoms with E-state index in [2.05, 4.69) is 20.5 Å². The highest BCUT2D eigenvalue weighted by Crippen LogP contribution is 2.18. The number of alkyl halides is 1. The standard InChI is InChI=1S/C13H12ClN5O/c1-9-3-2-4-10(5-9)13-15-12(17-20-13)8-19-7-11(6-14)16-18-19/h2-5,7H,6,8H2,1H3. The van der Waals surface area contributed by atoms with E-state index in [4.69, 9.17) is 16.1 Å². The lowest BCUT2D eigenvalue weighted by Gasteiger charge is -1.95. The van der Waals surface area contributed by atoms with Crippen molar-refractivity contribution < 1.29 is 4.52 Å². The van der Waals surface area contributed by atoms with Crippen LogP contribution < -0.4 is 0 Å². The van der Waals surface area contributed by atoms with Crippen molar-refractivity contribution in [3.05, 3.63) is 47.5 Å². The second-order valence-corrected chi connectivity index (χ2v) is 4.69. The third-order valence-corrected chi connectivity index (χ3v) is 3.03. The Balaban J connectivity index is 1.80. The molecular formula is C13H12ClN5O. The van der Waals surface area contributed by atoms with Gasteiger partial charge in [0.05, 0.1) is 17.8 Å². The quantitative estimate of drug-likeness (QED) is 0.690. The molecule has 0 aliphatic carbocycles. The van der Waals surface area contributed by atoms with E-state index >= 15 is 0 Å². The van der Waals surface area contributed by atoms with Crippen LogP contribution in [0.25, 0.3) is 11.5 Å². The lowest BCUT2D eigenvalue weighted by molar-refractivity contribution is 0.418. The molecule has 0 N–H and O–H groups in total. The molecule has 0 saturated carbocycles. The minimum atomic E-state index is 0.334. The van der Waals surface area contributed by atoms with Crippen LogP contribution in [0.4, 0.5) is 0 Å². The summed E-state index contributed by atoms with van der Waals surface area (Å²) in [6.07, 6.45) is 1.76. The molecule has 0 bridgehead atoms. The molecule has 1 aromatic carbocycles. The maximum atomic E-state index is 5.68. The first-order valence-corrected chi connectivity index (χ1v) is 6.62. The van der Waals surface area contributed by atoms with Gasteiger partial charge in [-0.1, -0.05) is 28.1 Å². The second kappa shape index (κ2) is 5.42. The fourth-order valence-electron chi connectivity index (χ4n) is 1.84. The number of benzene rings is 1. The van der Waals surface area contributed by atoms with E-state index < -0.39 is 0 Å². The zero-order chi connectivity index (χ0) is 13.9. The van der Waals surface area contributed by atoms with E-state index in [0.717, 1.165) is 11.1 Å². The third-order valence-electron chi connectivity index (χ3n) is 2.76. The van der Waals surface area contributed by atoms with Gasteiger partial charge in [0.2, 0.25) is 0 Å². The van der Waals surface area contributed by atoms with Crippen LogP contribution in [0.5, 0.6) is 0 Å². The van der Waals surface area contributed by atoms with Gasteiger partial charge in [0.25, 0.3) is 5.89 Å². The van der Waals surface area contributed by atoms with Gasteiger partial charge in [0.15, 0.2) is 5.82 Å². The molecule has 0 spiro atoms. The minimum Gasteiger partial charge on any atom is -0.334 e. The van der Waals surface area contributed by atoms with Crippen LogP contribution in [0.1, 0.15) is 17.1 Å². The smallest absolute Gasteiger partial charge is 0.257 e. The van der Waals surface area contributed by atoms with Crippen molar-refractivity contribution in [1.29, 1.82) is 0 Å². The Kier molecular flexibility index (Phi) is 3.47. The molecule has 0 aliphatic heterocycles. The average Bonchev–Trinajstić information content (AvgIpc) is 3.08. The van der Waals surface area contributed by atoms with Crippen molar-refractivity contribution in [3.8, 4) is 11.5 Å². The highest BCUT2D eigenvalue weighted by Gasteiger charge is 2.10. The SMILES string of the molecule is Cc1cccc(-c2nc(Cn3cc(CCl)nn3)no2)c1. The van der Waals surface area contributed by atoms with Gasteiger partial charge in [0, 0.05) is 5.56 Å². The van der Waals surface area contributed by atoms with E-state index in [1.54, 1.807) is 10.9 Å². The van der Waals surface area contributed by atoms with Gasteiger partial charge >= 0.3 is 0 Å². The third kappa shape index (κ3) is 2.70. The Labute approximate surface area is 120 Å². The Hall–Kier alpha value is -2.21. The van der Waals surface area contributed by atoms with E-state index in [9.17, 15) is 0 Å². The summed E-state index contributed by atoms with van der Waals surface area (Å²) in [5.74, 6) is 1.38. The van der Waals surface area contributed by atoms with Crippen molar-refractivity contribution in [1.82, 2.24) is 25.1 Å². The zero-order valence-electron chi connectivity index (χ0n) is 10.8. The summed E-state index contributed by atoms with van der Waals surface area (Å²) in [6.45, 7) is 2.42. The van der Waals surface area contributed by atoms with Crippen molar-refractivity contribution >= 4 is 11.6 Å². The van der Waals surface area contributed by atoms with Gasteiger partial charge in [-0.25, -0.2) is 4.68 Å². The van der Waals surface area contributed by atoms with Crippen LogP contribution in [-0.2, 0) is 12.4 Å². The monoisotopic (exact) mass is 289 g/mol. The molecule has 2 aromatic heterocycles. The first-order valence-electron chi connectivity index (χ1n) is 6.09. The topological polar surface area (TPSA) is 69.6 Å². The summed E-state index contributed by atoms with van der Waals surface area (Å²) in [5, 5.41) is 11.8. The fourth-order valence-corrected chi connectivity index (χ4v) is 1.96. The predicted molar refractivity (Wildman–Crippen MR) is 73.2 cm³/mol. The molecule has 0 saturated heterocycles. The molecule has 2 heterocycles.